The Morgan fingerprint density at radius 1 is 1.25 bits per heavy atom. The van der Waals surface area contributed by atoms with Crippen LogP contribution in [0.5, 0.6) is 6.01 Å². The third kappa shape index (κ3) is 3.74. The van der Waals surface area contributed by atoms with E-state index in [1.807, 2.05) is 0 Å². The molecule has 2 N–H and O–H groups in total. The number of aromatic nitrogens is 2. The van der Waals surface area contributed by atoms with Crippen LogP contribution in [-0.4, -0.2) is 16.6 Å². The molecule has 0 spiro atoms. The van der Waals surface area contributed by atoms with E-state index in [0.29, 0.717) is 11.4 Å². The van der Waals surface area contributed by atoms with Crippen molar-refractivity contribution < 1.29 is 17.9 Å². The third-order valence-corrected chi connectivity index (χ3v) is 3.21. The van der Waals surface area contributed by atoms with Crippen LogP contribution in [0.3, 0.4) is 0 Å². The van der Waals surface area contributed by atoms with Crippen molar-refractivity contribution in [1.29, 1.82) is 0 Å². The number of hydrazine groups is 2. The molecule has 2 aromatic rings. The number of rotatable bonds is 5. The van der Waals surface area contributed by atoms with Crippen LogP contribution < -0.4 is 20.7 Å². The molecule has 0 atom stereocenters. The molecule has 126 valence electrons. The lowest BCUT2D eigenvalue weighted by Crippen LogP contribution is -2.37. The molecule has 0 unspecified atom stereocenters. The molecular weight excluding hydrogens is 323 g/mol. The Bertz CT molecular complexity index is 746. The normalized spacial score (nSPS) is 14.3. The predicted molar refractivity (Wildman–Crippen MR) is 80.3 cm³/mol. The second-order valence-corrected chi connectivity index (χ2v) is 5.17. The minimum Gasteiger partial charge on any atom is -0.457 e. The van der Waals surface area contributed by atoms with Gasteiger partial charge in [0, 0.05) is 18.7 Å². The molecule has 0 bridgehead atoms. The molecule has 9 heteroatoms. The number of hydrogen-bond donors (Lipinski definition) is 2. The van der Waals surface area contributed by atoms with Crippen molar-refractivity contribution in [3.63, 3.8) is 0 Å². The largest absolute Gasteiger partial charge is 0.457 e. The number of halogens is 3. The average Bonchev–Trinajstić information content (AvgIpc) is 3.03. The standard InChI is InChI=1S/C15H14F3N5O/c1-15(17,18)10-3-2-4-13(5-10)23-8-12(21-22-23)9-24-14-19-6-11(16)7-20-14/h2-8,21-22H,9H2,1H3. The minimum atomic E-state index is -2.92. The van der Waals surface area contributed by atoms with Crippen LogP contribution in [0.4, 0.5) is 18.9 Å². The van der Waals surface area contributed by atoms with Crippen molar-refractivity contribution in [3.8, 4) is 6.01 Å². The summed E-state index contributed by atoms with van der Waals surface area (Å²) in [7, 11) is 0. The van der Waals surface area contributed by atoms with Crippen LogP contribution in [0, 0.1) is 5.82 Å². The van der Waals surface area contributed by atoms with Gasteiger partial charge in [-0.3, -0.25) is 5.01 Å². The number of ether oxygens (including phenoxy) is 1. The fourth-order valence-corrected chi connectivity index (χ4v) is 2.01. The third-order valence-electron chi connectivity index (χ3n) is 3.21. The Morgan fingerprint density at radius 2 is 2.00 bits per heavy atom. The molecule has 1 aromatic carbocycles. The fourth-order valence-electron chi connectivity index (χ4n) is 2.01. The highest BCUT2D eigenvalue weighted by Crippen LogP contribution is 2.29. The second-order valence-electron chi connectivity index (χ2n) is 5.17. The maximum Gasteiger partial charge on any atom is 0.316 e. The van der Waals surface area contributed by atoms with E-state index in [1.165, 1.54) is 12.1 Å². The van der Waals surface area contributed by atoms with Crippen LogP contribution in [0.25, 0.3) is 0 Å². The van der Waals surface area contributed by atoms with Gasteiger partial charge in [-0.15, -0.1) is 5.53 Å². The van der Waals surface area contributed by atoms with Gasteiger partial charge in [0.2, 0.25) is 0 Å². The Labute approximate surface area is 135 Å². The number of nitrogens with one attached hydrogen (secondary N) is 2. The van der Waals surface area contributed by atoms with Gasteiger partial charge in [0.15, 0.2) is 5.82 Å². The Balaban J connectivity index is 1.66. The molecule has 6 nitrogen and oxygen atoms in total. The molecule has 1 aromatic heterocycles. The molecule has 0 radical (unpaired) electrons. The van der Waals surface area contributed by atoms with Crippen molar-refractivity contribution in [1.82, 2.24) is 20.9 Å². The first-order chi connectivity index (χ1) is 11.4. The highest BCUT2D eigenvalue weighted by atomic mass is 19.3. The molecule has 1 aliphatic rings. The highest BCUT2D eigenvalue weighted by molar-refractivity contribution is 5.52. The van der Waals surface area contributed by atoms with E-state index in [2.05, 4.69) is 20.9 Å². The van der Waals surface area contributed by atoms with E-state index >= 15 is 0 Å². The van der Waals surface area contributed by atoms with Crippen LogP contribution in [0.2, 0.25) is 0 Å². The summed E-state index contributed by atoms with van der Waals surface area (Å²) in [5.74, 6) is -3.47. The summed E-state index contributed by atoms with van der Waals surface area (Å²) in [5, 5.41) is 1.54. The highest BCUT2D eigenvalue weighted by Gasteiger charge is 2.25. The zero-order valence-corrected chi connectivity index (χ0v) is 12.6. The first kappa shape index (κ1) is 16.1. The van der Waals surface area contributed by atoms with E-state index in [0.717, 1.165) is 19.3 Å². The van der Waals surface area contributed by atoms with Crippen LogP contribution in [0.15, 0.2) is 48.6 Å². The molecule has 0 saturated carbocycles. The van der Waals surface area contributed by atoms with Crippen LogP contribution in [0.1, 0.15) is 12.5 Å². The maximum absolute atomic E-state index is 13.4. The Morgan fingerprint density at radius 3 is 2.71 bits per heavy atom. The summed E-state index contributed by atoms with van der Waals surface area (Å²) in [4.78, 5) is 7.35. The lowest BCUT2D eigenvalue weighted by atomic mass is 10.1. The molecule has 24 heavy (non-hydrogen) atoms. The zero-order chi connectivity index (χ0) is 17.2. The van der Waals surface area contributed by atoms with Crippen molar-refractivity contribution in [2.24, 2.45) is 0 Å². The lowest BCUT2D eigenvalue weighted by Gasteiger charge is -2.18. The molecule has 0 amide bonds. The number of alkyl halides is 2. The van der Waals surface area contributed by atoms with Crippen molar-refractivity contribution in [2.45, 2.75) is 12.8 Å². The molecule has 0 aliphatic carbocycles. The summed E-state index contributed by atoms with van der Waals surface area (Å²) in [5.41, 5.74) is 6.73. The molecular formula is C15H14F3N5O. The number of anilines is 1. The number of hydrogen-bond acceptors (Lipinski definition) is 6. The summed E-state index contributed by atoms with van der Waals surface area (Å²) in [6.07, 6.45) is 3.65. The number of benzene rings is 1. The van der Waals surface area contributed by atoms with Gasteiger partial charge in [-0.2, -0.15) is 0 Å². The summed E-state index contributed by atoms with van der Waals surface area (Å²) in [6.45, 7) is 0.943. The Kier molecular flexibility index (Phi) is 4.26. The molecule has 0 saturated heterocycles. The van der Waals surface area contributed by atoms with Gasteiger partial charge in [-0.1, -0.05) is 12.1 Å². The maximum atomic E-state index is 13.4. The zero-order valence-electron chi connectivity index (χ0n) is 12.6. The predicted octanol–water partition coefficient (Wildman–Crippen LogP) is 2.48. The molecule has 3 rings (SSSR count). The van der Waals surface area contributed by atoms with Crippen LogP contribution >= 0.6 is 0 Å². The van der Waals surface area contributed by atoms with Crippen LogP contribution in [-0.2, 0) is 5.92 Å². The molecule has 1 aliphatic heterocycles. The minimum absolute atomic E-state index is 0.0326. The summed E-state index contributed by atoms with van der Waals surface area (Å²) < 4.78 is 44.8. The number of nitrogens with zero attached hydrogens (tertiary/aromatic N) is 3. The average molecular weight is 337 g/mol. The second kappa shape index (κ2) is 6.36. The fraction of sp³-hybridized carbons (Fsp3) is 0.200. The van der Waals surface area contributed by atoms with Gasteiger partial charge >= 0.3 is 6.01 Å². The van der Waals surface area contributed by atoms with Gasteiger partial charge in [-0.25, -0.2) is 23.1 Å². The Hall–Kier alpha value is -2.81. The lowest BCUT2D eigenvalue weighted by molar-refractivity contribution is 0.0175. The topological polar surface area (TPSA) is 62.3 Å². The van der Waals surface area contributed by atoms with E-state index in [1.54, 1.807) is 23.3 Å². The van der Waals surface area contributed by atoms with Gasteiger partial charge < -0.3 is 10.2 Å². The molecule has 2 heterocycles. The van der Waals surface area contributed by atoms with Crippen molar-refractivity contribution in [2.75, 3.05) is 11.6 Å². The monoisotopic (exact) mass is 337 g/mol. The smallest absolute Gasteiger partial charge is 0.316 e. The summed E-state index contributed by atoms with van der Waals surface area (Å²) in [6, 6.07) is 6.03. The SMILES string of the molecule is CC(F)(F)c1cccc(N2C=C(COc3ncc(F)cn3)NN2)c1. The van der Waals surface area contributed by atoms with E-state index in [9.17, 15) is 13.2 Å². The quantitative estimate of drug-likeness (QED) is 0.874. The van der Waals surface area contributed by atoms with Crippen molar-refractivity contribution >= 4 is 5.69 Å². The first-order valence-electron chi connectivity index (χ1n) is 7.02. The van der Waals surface area contributed by atoms with Gasteiger partial charge in [-0.05, 0) is 12.1 Å². The van der Waals surface area contributed by atoms with E-state index in [-0.39, 0.29) is 18.2 Å². The van der Waals surface area contributed by atoms with Gasteiger partial charge in [0.25, 0.3) is 5.92 Å². The van der Waals surface area contributed by atoms with Crippen molar-refractivity contribution in [3.05, 3.63) is 59.9 Å². The van der Waals surface area contributed by atoms with Gasteiger partial charge in [0.1, 0.15) is 6.61 Å². The van der Waals surface area contributed by atoms with Gasteiger partial charge in [0.05, 0.1) is 23.8 Å². The summed E-state index contributed by atoms with van der Waals surface area (Å²) >= 11 is 0. The first-order valence-corrected chi connectivity index (χ1v) is 7.02. The van der Waals surface area contributed by atoms with E-state index in [4.69, 9.17) is 4.74 Å². The van der Waals surface area contributed by atoms with E-state index < -0.39 is 11.7 Å². The molecule has 0 fully saturated rings.